The van der Waals surface area contributed by atoms with Gasteiger partial charge in [-0.15, -0.1) is 0 Å². The van der Waals surface area contributed by atoms with Crippen LogP contribution in [0.25, 0.3) is 0 Å². The molecule has 0 bridgehead atoms. The number of allylic oxidation sites excluding steroid dienone is 4. The first-order valence-electron chi connectivity index (χ1n) is 19.8. The molecular weight excluding hydrogens is 756 g/mol. The van der Waals surface area contributed by atoms with Gasteiger partial charge in [-0.2, -0.15) is 0 Å². The van der Waals surface area contributed by atoms with Gasteiger partial charge in [-0.1, -0.05) is 49.8 Å². The summed E-state index contributed by atoms with van der Waals surface area (Å²) >= 11 is 0. The van der Waals surface area contributed by atoms with Crippen molar-refractivity contribution in [1.82, 2.24) is 16.0 Å². The molecule has 0 radical (unpaired) electrons. The summed E-state index contributed by atoms with van der Waals surface area (Å²) in [5.41, 5.74) is -1.20. The average Bonchev–Trinajstić information content (AvgIpc) is 3.67. The second kappa shape index (κ2) is 16.0. The van der Waals surface area contributed by atoms with Gasteiger partial charge in [0.2, 0.25) is 17.7 Å². The lowest BCUT2D eigenvalue weighted by atomic mass is 9.46. The highest BCUT2D eigenvalue weighted by Gasteiger charge is 2.76. The lowest BCUT2D eigenvalue weighted by molar-refractivity contribution is -0.201. The summed E-state index contributed by atoms with van der Waals surface area (Å²) in [6.07, 6.45) is 4.80. The second-order valence-electron chi connectivity index (χ2n) is 17.2. The molecular formula is C41H52N4O13. The van der Waals surface area contributed by atoms with Crippen molar-refractivity contribution in [3.63, 3.8) is 0 Å². The molecule has 3 amide bonds. The van der Waals surface area contributed by atoms with E-state index in [-0.39, 0.29) is 49.6 Å². The fourth-order valence-corrected chi connectivity index (χ4v) is 11.0. The van der Waals surface area contributed by atoms with Gasteiger partial charge >= 0.3 is 5.97 Å². The number of Topliss-reactive ketones (excluding diaryl/α,β-unsaturated/α-hetero) is 1. The number of carbonyl (C=O) groups is 6. The van der Waals surface area contributed by atoms with Crippen LogP contribution in [0.4, 0.5) is 0 Å². The first kappa shape index (κ1) is 41.8. The minimum Gasteiger partial charge on any atom is -0.481 e. The number of benzene rings is 1. The first-order valence-corrected chi connectivity index (χ1v) is 19.8. The van der Waals surface area contributed by atoms with Crippen LogP contribution in [0.15, 0.2) is 48.1 Å². The zero-order valence-corrected chi connectivity index (χ0v) is 32.6. The zero-order chi connectivity index (χ0) is 41.6. The minimum absolute atomic E-state index is 0.0318. The molecule has 314 valence electrons. The summed E-state index contributed by atoms with van der Waals surface area (Å²) in [5, 5.41) is 39.2. The molecule has 0 aromatic heterocycles. The van der Waals surface area contributed by atoms with Gasteiger partial charge in [-0.25, -0.2) is 5.90 Å². The number of carboxylic acid groups (broad SMARTS) is 1. The van der Waals surface area contributed by atoms with E-state index in [9.17, 15) is 44.1 Å². The molecule has 17 nitrogen and oxygen atoms in total. The van der Waals surface area contributed by atoms with Crippen LogP contribution in [0.3, 0.4) is 0 Å². The monoisotopic (exact) mass is 808 g/mol. The van der Waals surface area contributed by atoms with Crippen LogP contribution in [0, 0.1) is 28.6 Å². The number of fused-ring (bicyclic) bond motifs is 7. The number of carboxylic acids is 1. The third kappa shape index (κ3) is 7.31. The van der Waals surface area contributed by atoms with Crippen LogP contribution < -0.4 is 21.8 Å². The van der Waals surface area contributed by atoms with E-state index in [0.717, 1.165) is 17.6 Å². The normalized spacial score (nSPS) is 34.6. The van der Waals surface area contributed by atoms with Crippen molar-refractivity contribution in [1.29, 1.82) is 0 Å². The lowest BCUT2D eigenvalue weighted by Gasteiger charge is -2.59. The van der Waals surface area contributed by atoms with Gasteiger partial charge in [-0.3, -0.25) is 33.6 Å². The molecule has 1 aromatic carbocycles. The van der Waals surface area contributed by atoms with E-state index >= 15 is 0 Å². The Morgan fingerprint density at radius 2 is 1.83 bits per heavy atom. The number of nitrogens with two attached hydrogens (primary N) is 1. The Labute approximate surface area is 335 Å². The molecule has 3 saturated carbocycles. The Bertz CT molecular complexity index is 1900. The molecule has 2 heterocycles. The molecule has 10 atom stereocenters. The third-order valence-corrected chi connectivity index (χ3v) is 13.7. The van der Waals surface area contributed by atoms with Gasteiger partial charge in [0.05, 0.1) is 37.5 Å². The van der Waals surface area contributed by atoms with Gasteiger partial charge in [-0.05, 0) is 61.7 Å². The Hall–Kier alpha value is -4.36. The van der Waals surface area contributed by atoms with Crippen molar-refractivity contribution >= 4 is 35.3 Å². The van der Waals surface area contributed by atoms with Crippen LogP contribution in [0.2, 0.25) is 0 Å². The van der Waals surface area contributed by atoms with Crippen molar-refractivity contribution in [2.75, 3.05) is 33.0 Å². The topological polar surface area (TPSA) is 262 Å². The van der Waals surface area contributed by atoms with Crippen molar-refractivity contribution in [2.24, 2.45) is 34.5 Å². The molecule has 1 aromatic rings. The summed E-state index contributed by atoms with van der Waals surface area (Å²) in [5.74, 6) is 1.05. The number of hydrogen-bond donors (Lipinski definition) is 7. The number of carbonyl (C=O) groups excluding carboxylic acids is 5. The molecule has 58 heavy (non-hydrogen) atoms. The van der Waals surface area contributed by atoms with Crippen molar-refractivity contribution in [2.45, 2.75) is 94.5 Å². The highest BCUT2D eigenvalue weighted by atomic mass is 16.7. The van der Waals surface area contributed by atoms with Crippen LogP contribution in [-0.2, 0) is 54.2 Å². The van der Waals surface area contributed by atoms with Crippen LogP contribution >= 0.6 is 0 Å². The Morgan fingerprint density at radius 1 is 1.09 bits per heavy atom. The minimum atomic E-state index is -1.49. The molecule has 2 saturated heterocycles. The van der Waals surface area contributed by atoms with E-state index in [0.29, 0.717) is 24.8 Å². The summed E-state index contributed by atoms with van der Waals surface area (Å²) < 4.78 is 18.8. The number of rotatable bonds is 15. The quantitative estimate of drug-likeness (QED) is 0.116. The van der Waals surface area contributed by atoms with E-state index < -0.39 is 102 Å². The fourth-order valence-electron chi connectivity index (χ4n) is 11.0. The summed E-state index contributed by atoms with van der Waals surface area (Å²) in [4.78, 5) is 79.4. The molecule has 6 aliphatic rings. The summed E-state index contributed by atoms with van der Waals surface area (Å²) in [6, 6.07) is 6.10. The van der Waals surface area contributed by atoms with E-state index in [1.54, 1.807) is 12.2 Å². The number of ether oxygens (including phenoxy) is 3. The van der Waals surface area contributed by atoms with Gasteiger partial charge in [0, 0.05) is 35.2 Å². The Kier molecular flexibility index (Phi) is 11.5. The van der Waals surface area contributed by atoms with E-state index in [4.69, 9.17) is 20.1 Å². The van der Waals surface area contributed by atoms with E-state index in [1.165, 1.54) is 0 Å². The number of aliphatic hydroxyl groups is 2. The van der Waals surface area contributed by atoms with Crippen molar-refractivity contribution < 1.29 is 63.1 Å². The number of nitrogens with one attached hydrogen (secondary N) is 3. The van der Waals surface area contributed by atoms with Gasteiger partial charge in [0.15, 0.2) is 23.5 Å². The molecule has 8 N–H and O–H groups in total. The van der Waals surface area contributed by atoms with Gasteiger partial charge in [0.1, 0.15) is 19.3 Å². The maximum absolute atomic E-state index is 13.9. The molecule has 17 heteroatoms. The maximum atomic E-state index is 13.9. The zero-order valence-electron chi connectivity index (χ0n) is 32.6. The third-order valence-electron chi connectivity index (χ3n) is 13.7. The molecule has 5 fully saturated rings. The Balaban J connectivity index is 1.04. The number of aliphatic carboxylic acids is 1. The molecule has 7 rings (SSSR count). The van der Waals surface area contributed by atoms with Crippen LogP contribution in [-0.4, -0.2) is 113 Å². The van der Waals surface area contributed by atoms with Crippen LogP contribution in [0.1, 0.15) is 69.8 Å². The smallest absolute Gasteiger partial charge is 0.303 e. The highest BCUT2D eigenvalue weighted by molar-refractivity contribution is 6.01. The lowest BCUT2D eigenvalue weighted by Crippen LogP contribution is -2.66. The largest absolute Gasteiger partial charge is 0.481 e. The summed E-state index contributed by atoms with van der Waals surface area (Å²) in [7, 11) is 0. The molecule has 0 unspecified atom stereocenters. The van der Waals surface area contributed by atoms with Crippen molar-refractivity contribution in [3.05, 3.63) is 59.2 Å². The fraction of sp³-hybridized carbons (Fsp3) is 0.610. The Morgan fingerprint density at radius 3 is 2.48 bits per heavy atom. The molecule has 0 spiro atoms. The SMILES string of the molecule is C[C@]12C=CC(=O)C=C1CC[C@@H]1[C@@H]2[C@@H](O)C[C@@]2(C)[C@H]1C[C@H]1O[C@@H](c3ccc(CC4(NC(=O)[C@H](CCC(=O)O)NC(=O)CNC(=O)CON)COC4)cc3)O[C@]12C(=O)CO. The number of aliphatic hydroxyl groups excluding tert-OH is 2. The number of ketones is 2. The second-order valence-corrected chi connectivity index (χ2v) is 17.2. The standard InChI is InChI=1S/C41H52N4O13/c1-38-12-11-25(47)13-24(38)7-8-26-27-14-31-41(30(49)18-46,39(27,2)16-29(48)35(26)38)58-37(57-31)23-5-3-22(4-6-23)15-40(20-55-21-40)45-36(54)28(9-10-34(52)53)44-32(50)17-43-33(51)19-56-42/h3-6,11-13,26-29,31,35,37,46,48H,7-10,14-21,42H2,1-2H3,(H,43,51)(H,44,50)(H,45,54)(H,52,53)/t26-,27-,28-,29-,31+,35+,37+,38-,39-,41+/m0/s1. The number of amides is 3. The van der Waals surface area contributed by atoms with Gasteiger partial charge in [0.25, 0.3) is 0 Å². The van der Waals surface area contributed by atoms with Crippen LogP contribution in [0.5, 0.6) is 0 Å². The van der Waals surface area contributed by atoms with E-state index in [2.05, 4.69) is 27.7 Å². The van der Waals surface area contributed by atoms with Crippen molar-refractivity contribution in [3.8, 4) is 0 Å². The highest BCUT2D eigenvalue weighted by Crippen LogP contribution is 2.70. The molecule has 2 aliphatic heterocycles. The average molecular weight is 809 g/mol. The van der Waals surface area contributed by atoms with E-state index in [1.807, 2.05) is 37.3 Å². The number of hydrogen-bond acceptors (Lipinski definition) is 13. The maximum Gasteiger partial charge on any atom is 0.303 e. The predicted molar refractivity (Wildman–Crippen MR) is 201 cm³/mol. The summed E-state index contributed by atoms with van der Waals surface area (Å²) in [6.45, 7) is 2.70. The predicted octanol–water partition coefficient (Wildman–Crippen LogP) is 0.0732. The van der Waals surface area contributed by atoms with Gasteiger partial charge < -0.3 is 45.5 Å². The first-order chi connectivity index (χ1) is 27.6. The molecule has 4 aliphatic carbocycles.